The van der Waals surface area contributed by atoms with Crippen LogP contribution < -0.4 is 0 Å². The van der Waals surface area contributed by atoms with Gasteiger partial charge >= 0.3 is 5.97 Å². The van der Waals surface area contributed by atoms with Crippen molar-refractivity contribution in [3.8, 4) is 0 Å². The van der Waals surface area contributed by atoms with Crippen molar-refractivity contribution in [1.82, 2.24) is 0 Å². The highest BCUT2D eigenvalue weighted by atomic mass is 16.5. The number of carbonyl (C=O) groups is 1. The number of carbonyl (C=O) groups excluding carboxylic acids is 1. The van der Waals surface area contributed by atoms with E-state index in [1.54, 1.807) is 0 Å². The van der Waals surface area contributed by atoms with Crippen LogP contribution in [0, 0.1) is 19.8 Å². The lowest BCUT2D eigenvalue weighted by molar-refractivity contribution is -0.142. The van der Waals surface area contributed by atoms with Gasteiger partial charge in [-0.05, 0) is 31.7 Å². The predicted octanol–water partition coefficient (Wildman–Crippen LogP) is 3.53. The van der Waals surface area contributed by atoms with Crippen LogP contribution >= 0.6 is 0 Å². The van der Waals surface area contributed by atoms with Gasteiger partial charge in [0.15, 0.2) is 0 Å². The first-order chi connectivity index (χ1) is 8.47. The molecule has 0 amide bonds. The summed E-state index contributed by atoms with van der Waals surface area (Å²) in [6.07, 6.45) is 1.01. The highest BCUT2D eigenvalue weighted by molar-refractivity contribution is 5.66. The summed E-state index contributed by atoms with van der Waals surface area (Å²) in [6.45, 7) is 10.2. The minimum atomic E-state index is -0.214. The number of hydrogen-bond acceptors (Lipinski definition) is 2. The van der Waals surface area contributed by atoms with Crippen LogP contribution in [0.2, 0.25) is 0 Å². The van der Waals surface area contributed by atoms with E-state index in [0.29, 0.717) is 12.5 Å². The Morgan fingerprint density at radius 2 is 1.94 bits per heavy atom. The highest BCUT2D eigenvalue weighted by Crippen LogP contribution is 2.46. The van der Waals surface area contributed by atoms with E-state index in [0.717, 1.165) is 6.42 Å². The van der Waals surface area contributed by atoms with E-state index >= 15 is 0 Å². The minimum Gasteiger partial charge on any atom is -0.465 e. The lowest BCUT2D eigenvalue weighted by atomic mass is 9.67. The molecule has 0 aliphatic heterocycles. The Morgan fingerprint density at radius 3 is 2.44 bits per heavy atom. The zero-order valence-corrected chi connectivity index (χ0v) is 11.3. The summed E-state index contributed by atoms with van der Waals surface area (Å²) < 4.78 is 5.13. The van der Waals surface area contributed by atoms with E-state index in [2.05, 4.69) is 38.6 Å². The second kappa shape index (κ2) is 4.97. The van der Waals surface area contributed by atoms with Crippen LogP contribution in [0.1, 0.15) is 36.0 Å². The monoisotopic (exact) mass is 244 g/mol. The Balaban J connectivity index is 2.13. The number of esters is 1. The van der Waals surface area contributed by atoms with Gasteiger partial charge in [-0.3, -0.25) is 4.79 Å². The lowest BCUT2D eigenvalue weighted by Crippen LogP contribution is -2.31. The summed E-state index contributed by atoms with van der Waals surface area (Å²) >= 11 is 0. The maximum atomic E-state index is 10.9. The molecule has 0 bridgehead atoms. The summed E-state index contributed by atoms with van der Waals surface area (Å²) in [7, 11) is 0. The van der Waals surface area contributed by atoms with Gasteiger partial charge in [0.2, 0.25) is 0 Å². The number of ether oxygens (including phenoxy) is 1. The van der Waals surface area contributed by atoms with Gasteiger partial charge in [0.25, 0.3) is 0 Å². The first-order valence-electron chi connectivity index (χ1n) is 6.36. The third kappa shape index (κ3) is 2.63. The van der Waals surface area contributed by atoms with Crippen LogP contribution in [-0.2, 0) is 9.53 Å². The molecule has 2 atom stereocenters. The topological polar surface area (TPSA) is 26.3 Å². The molecule has 0 aromatic heterocycles. The molecular weight excluding hydrogens is 224 g/mol. The molecule has 0 heterocycles. The first kappa shape index (κ1) is 12.9. The summed E-state index contributed by atoms with van der Waals surface area (Å²) in [6, 6.07) is 6.63. The van der Waals surface area contributed by atoms with Gasteiger partial charge in [-0.15, -0.1) is 0 Å². The van der Waals surface area contributed by atoms with E-state index in [1.165, 1.54) is 29.2 Å². The van der Waals surface area contributed by atoms with Crippen molar-refractivity contribution in [2.24, 2.45) is 5.92 Å². The zero-order chi connectivity index (χ0) is 13.3. The van der Waals surface area contributed by atoms with Crippen molar-refractivity contribution < 1.29 is 9.53 Å². The molecule has 1 aromatic rings. The smallest absolute Gasteiger partial charge is 0.302 e. The zero-order valence-electron chi connectivity index (χ0n) is 11.3. The maximum absolute atomic E-state index is 10.9. The average molecular weight is 244 g/mol. The van der Waals surface area contributed by atoms with E-state index in [1.807, 2.05) is 0 Å². The molecule has 0 spiro atoms. The molecule has 0 saturated heterocycles. The van der Waals surface area contributed by atoms with Gasteiger partial charge in [-0.1, -0.05) is 41.5 Å². The molecule has 2 rings (SSSR count). The maximum Gasteiger partial charge on any atom is 0.302 e. The minimum absolute atomic E-state index is 0.214. The third-order valence-corrected chi connectivity index (χ3v) is 3.63. The van der Waals surface area contributed by atoms with Crippen LogP contribution in [0.4, 0.5) is 0 Å². The molecule has 1 aliphatic carbocycles. The Morgan fingerprint density at radius 1 is 1.33 bits per heavy atom. The van der Waals surface area contributed by atoms with Crippen molar-refractivity contribution >= 4 is 5.97 Å². The van der Waals surface area contributed by atoms with E-state index in [-0.39, 0.29) is 11.9 Å². The fourth-order valence-corrected chi connectivity index (χ4v) is 2.72. The molecule has 1 aromatic carbocycles. The quantitative estimate of drug-likeness (QED) is 0.600. The van der Waals surface area contributed by atoms with E-state index < -0.39 is 0 Å². The number of aryl methyl sites for hydroxylation is 2. The standard InChI is InChI=1S/C16H20O2/c1-10-5-11(2)7-14(6-10)15-8-12(3)16(15)9-18-13(4)17/h5-7,15-16H,3,8-9H2,1-2,4H3/t15-,16+/m1/s1. The van der Waals surface area contributed by atoms with Crippen molar-refractivity contribution in [2.45, 2.75) is 33.1 Å². The Bertz CT molecular complexity index is 468. The average Bonchev–Trinajstić information content (AvgIpc) is 2.23. The molecule has 2 heteroatoms. The molecule has 1 fully saturated rings. The molecule has 0 radical (unpaired) electrons. The van der Waals surface area contributed by atoms with Gasteiger partial charge in [0.05, 0.1) is 6.61 Å². The molecule has 1 aliphatic rings. The van der Waals surface area contributed by atoms with Gasteiger partial charge < -0.3 is 4.74 Å². The summed E-state index contributed by atoms with van der Waals surface area (Å²) in [5.41, 5.74) is 5.11. The second-order valence-corrected chi connectivity index (χ2v) is 5.30. The molecule has 1 saturated carbocycles. The fourth-order valence-electron chi connectivity index (χ4n) is 2.72. The van der Waals surface area contributed by atoms with Crippen molar-refractivity contribution in [2.75, 3.05) is 6.61 Å². The van der Waals surface area contributed by atoms with Gasteiger partial charge in [-0.2, -0.15) is 0 Å². The fraction of sp³-hybridized carbons (Fsp3) is 0.438. The first-order valence-corrected chi connectivity index (χ1v) is 6.36. The van der Waals surface area contributed by atoms with Gasteiger partial charge in [0.1, 0.15) is 0 Å². The number of benzene rings is 1. The molecular formula is C16H20O2. The van der Waals surface area contributed by atoms with E-state index in [9.17, 15) is 4.79 Å². The van der Waals surface area contributed by atoms with Gasteiger partial charge in [-0.25, -0.2) is 0 Å². The number of hydrogen-bond donors (Lipinski definition) is 0. The Hall–Kier alpha value is -1.57. The highest BCUT2D eigenvalue weighted by Gasteiger charge is 2.36. The Kier molecular flexibility index (Phi) is 3.55. The van der Waals surface area contributed by atoms with Crippen LogP contribution in [0.3, 0.4) is 0 Å². The van der Waals surface area contributed by atoms with Crippen molar-refractivity contribution in [3.63, 3.8) is 0 Å². The van der Waals surface area contributed by atoms with Crippen LogP contribution in [0.5, 0.6) is 0 Å². The molecule has 0 unspecified atom stereocenters. The van der Waals surface area contributed by atoms with Crippen molar-refractivity contribution in [3.05, 3.63) is 47.0 Å². The Labute approximate surface area is 109 Å². The number of rotatable bonds is 3. The van der Waals surface area contributed by atoms with E-state index in [4.69, 9.17) is 4.74 Å². The van der Waals surface area contributed by atoms with Gasteiger partial charge in [0, 0.05) is 12.8 Å². The lowest BCUT2D eigenvalue weighted by Gasteiger charge is -2.39. The summed E-state index contributed by atoms with van der Waals surface area (Å²) in [4.78, 5) is 10.9. The molecule has 0 N–H and O–H groups in total. The van der Waals surface area contributed by atoms with Crippen molar-refractivity contribution in [1.29, 1.82) is 0 Å². The summed E-state index contributed by atoms with van der Waals surface area (Å²) in [5.74, 6) is 0.527. The summed E-state index contributed by atoms with van der Waals surface area (Å²) in [5, 5.41) is 0. The predicted molar refractivity (Wildman–Crippen MR) is 72.5 cm³/mol. The SMILES string of the molecule is C=C1C[C@H](c2cc(C)cc(C)c2)[C@H]1COC(C)=O. The molecule has 2 nitrogen and oxygen atoms in total. The van der Waals surface area contributed by atoms with Crippen LogP contribution in [-0.4, -0.2) is 12.6 Å². The largest absolute Gasteiger partial charge is 0.465 e. The molecule has 96 valence electrons. The van der Waals surface area contributed by atoms with Crippen LogP contribution in [0.25, 0.3) is 0 Å². The van der Waals surface area contributed by atoms with Crippen LogP contribution in [0.15, 0.2) is 30.4 Å². The second-order valence-electron chi connectivity index (χ2n) is 5.30. The third-order valence-electron chi connectivity index (χ3n) is 3.63. The normalized spacial score (nSPS) is 22.5. The molecule has 18 heavy (non-hydrogen) atoms.